The standard InChI is InChI=1S/C21H21ClN4O2S/c1-28-18-9-6-13(22)12-17(18)24-19(27)10-11-29-21-25-16-5-3-2-4-15(16)20(26-21)23-14-7-8-14/h2-6,9,12,14H,7-8,10-11H2,1H3,(H,24,27)(H,23,25,26). The molecule has 1 aliphatic carbocycles. The van der Waals surface area contributed by atoms with Crippen LogP contribution in [0.25, 0.3) is 10.9 Å². The Bertz CT molecular complexity index is 1040. The first kappa shape index (κ1) is 19.8. The molecule has 1 saturated carbocycles. The van der Waals surface area contributed by atoms with Crippen molar-refractivity contribution in [1.82, 2.24) is 9.97 Å². The Morgan fingerprint density at radius 2 is 2.07 bits per heavy atom. The lowest BCUT2D eigenvalue weighted by molar-refractivity contribution is -0.115. The molecule has 0 aliphatic heterocycles. The second-order valence-corrected chi connectivity index (χ2v) is 8.28. The number of amides is 1. The molecule has 2 aromatic carbocycles. The highest BCUT2D eigenvalue weighted by Crippen LogP contribution is 2.30. The fourth-order valence-corrected chi connectivity index (χ4v) is 3.84. The van der Waals surface area contributed by atoms with Gasteiger partial charge in [-0.2, -0.15) is 0 Å². The molecule has 1 fully saturated rings. The summed E-state index contributed by atoms with van der Waals surface area (Å²) in [5.41, 5.74) is 1.47. The lowest BCUT2D eigenvalue weighted by Gasteiger charge is -2.11. The van der Waals surface area contributed by atoms with Crippen LogP contribution in [0.1, 0.15) is 19.3 Å². The molecule has 6 nitrogen and oxygen atoms in total. The number of aromatic nitrogens is 2. The van der Waals surface area contributed by atoms with E-state index in [-0.39, 0.29) is 5.91 Å². The zero-order chi connectivity index (χ0) is 20.2. The van der Waals surface area contributed by atoms with Gasteiger partial charge in [0.1, 0.15) is 11.6 Å². The molecule has 3 aromatic rings. The zero-order valence-electron chi connectivity index (χ0n) is 15.9. The van der Waals surface area contributed by atoms with Gasteiger partial charge in [-0.25, -0.2) is 9.97 Å². The average Bonchev–Trinajstić information content (AvgIpc) is 3.52. The molecular weight excluding hydrogens is 408 g/mol. The number of fused-ring (bicyclic) bond motifs is 1. The minimum absolute atomic E-state index is 0.116. The van der Waals surface area contributed by atoms with Crippen molar-refractivity contribution in [3.05, 3.63) is 47.5 Å². The van der Waals surface area contributed by atoms with Crippen LogP contribution in [-0.4, -0.2) is 34.8 Å². The fraction of sp³-hybridized carbons (Fsp3) is 0.286. The van der Waals surface area contributed by atoms with Crippen LogP contribution in [0.4, 0.5) is 11.5 Å². The average molecular weight is 429 g/mol. The number of nitrogens with one attached hydrogen (secondary N) is 2. The van der Waals surface area contributed by atoms with E-state index in [1.165, 1.54) is 24.6 Å². The van der Waals surface area contributed by atoms with Crippen molar-refractivity contribution in [3.63, 3.8) is 0 Å². The Morgan fingerprint density at radius 1 is 1.24 bits per heavy atom. The quantitative estimate of drug-likeness (QED) is 0.389. The van der Waals surface area contributed by atoms with Crippen LogP contribution >= 0.6 is 23.4 Å². The van der Waals surface area contributed by atoms with E-state index in [0.29, 0.717) is 39.8 Å². The maximum atomic E-state index is 12.3. The number of anilines is 2. The third kappa shape index (κ3) is 5.10. The number of rotatable bonds is 8. The number of methoxy groups -OCH3 is 1. The van der Waals surface area contributed by atoms with Crippen molar-refractivity contribution in [3.8, 4) is 5.75 Å². The Hall–Kier alpha value is -2.51. The number of ether oxygens (including phenoxy) is 1. The molecule has 0 atom stereocenters. The van der Waals surface area contributed by atoms with Gasteiger partial charge in [-0.15, -0.1) is 0 Å². The van der Waals surface area contributed by atoms with E-state index in [2.05, 4.69) is 20.6 Å². The number of hydrogen-bond donors (Lipinski definition) is 2. The number of halogens is 1. The normalized spacial score (nSPS) is 13.3. The van der Waals surface area contributed by atoms with E-state index in [9.17, 15) is 4.79 Å². The summed E-state index contributed by atoms with van der Waals surface area (Å²) in [6, 6.07) is 13.6. The van der Waals surface area contributed by atoms with Gasteiger partial charge in [0.25, 0.3) is 0 Å². The van der Waals surface area contributed by atoms with E-state index < -0.39 is 0 Å². The van der Waals surface area contributed by atoms with Crippen molar-refractivity contribution >= 4 is 51.7 Å². The van der Waals surface area contributed by atoms with Gasteiger partial charge in [-0.3, -0.25) is 4.79 Å². The summed E-state index contributed by atoms with van der Waals surface area (Å²) in [6.07, 6.45) is 2.67. The van der Waals surface area contributed by atoms with E-state index in [1.807, 2.05) is 24.3 Å². The van der Waals surface area contributed by atoms with Crippen LogP contribution in [0.5, 0.6) is 5.75 Å². The molecule has 0 spiro atoms. The number of thioether (sulfide) groups is 1. The molecule has 1 aromatic heterocycles. The van der Waals surface area contributed by atoms with Crippen LogP contribution in [0, 0.1) is 0 Å². The number of carbonyl (C=O) groups is 1. The molecule has 2 N–H and O–H groups in total. The van der Waals surface area contributed by atoms with Crippen LogP contribution < -0.4 is 15.4 Å². The Labute approximate surface area is 178 Å². The van der Waals surface area contributed by atoms with Gasteiger partial charge < -0.3 is 15.4 Å². The first-order valence-electron chi connectivity index (χ1n) is 9.42. The summed E-state index contributed by atoms with van der Waals surface area (Å²) in [7, 11) is 1.55. The first-order valence-corrected chi connectivity index (χ1v) is 10.8. The molecule has 29 heavy (non-hydrogen) atoms. The van der Waals surface area contributed by atoms with Crippen molar-refractivity contribution in [2.24, 2.45) is 0 Å². The Balaban J connectivity index is 1.39. The fourth-order valence-electron chi connectivity index (χ4n) is 2.88. The predicted molar refractivity (Wildman–Crippen MR) is 118 cm³/mol. The van der Waals surface area contributed by atoms with Gasteiger partial charge in [0.15, 0.2) is 5.16 Å². The molecule has 150 valence electrons. The van der Waals surface area contributed by atoms with Gasteiger partial charge in [0.2, 0.25) is 5.91 Å². The highest BCUT2D eigenvalue weighted by atomic mass is 35.5. The molecule has 8 heteroatoms. The first-order chi connectivity index (χ1) is 14.1. The SMILES string of the molecule is COc1ccc(Cl)cc1NC(=O)CCSc1nc(NC2CC2)c2ccccc2n1. The molecule has 1 amide bonds. The highest BCUT2D eigenvalue weighted by molar-refractivity contribution is 7.99. The topological polar surface area (TPSA) is 76.1 Å². The Morgan fingerprint density at radius 3 is 2.86 bits per heavy atom. The van der Waals surface area contributed by atoms with Gasteiger partial charge in [0.05, 0.1) is 18.3 Å². The van der Waals surface area contributed by atoms with Crippen LogP contribution in [-0.2, 0) is 4.79 Å². The van der Waals surface area contributed by atoms with Crippen LogP contribution in [0.2, 0.25) is 5.02 Å². The maximum absolute atomic E-state index is 12.3. The monoisotopic (exact) mass is 428 g/mol. The number of hydrogen-bond acceptors (Lipinski definition) is 6. The molecule has 0 saturated heterocycles. The summed E-state index contributed by atoms with van der Waals surface area (Å²) in [5, 5.41) is 8.56. The summed E-state index contributed by atoms with van der Waals surface area (Å²) >= 11 is 7.48. The smallest absolute Gasteiger partial charge is 0.225 e. The molecule has 0 bridgehead atoms. The van der Waals surface area contributed by atoms with Crippen LogP contribution in [0.15, 0.2) is 47.6 Å². The summed E-state index contributed by atoms with van der Waals surface area (Å²) in [6.45, 7) is 0. The maximum Gasteiger partial charge on any atom is 0.225 e. The molecule has 0 radical (unpaired) electrons. The van der Waals surface area contributed by atoms with E-state index >= 15 is 0 Å². The number of para-hydroxylation sites is 1. The van der Waals surface area contributed by atoms with Crippen molar-refractivity contribution in [2.45, 2.75) is 30.5 Å². The lowest BCUT2D eigenvalue weighted by atomic mass is 10.2. The molecule has 0 unspecified atom stereocenters. The summed E-state index contributed by atoms with van der Waals surface area (Å²) < 4.78 is 5.26. The third-order valence-corrected chi connectivity index (χ3v) is 5.58. The molecule has 1 heterocycles. The molecule has 1 aliphatic rings. The minimum Gasteiger partial charge on any atom is -0.495 e. The minimum atomic E-state index is -0.116. The summed E-state index contributed by atoms with van der Waals surface area (Å²) in [4.78, 5) is 21.6. The van der Waals surface area contributed by atoms with E-state index in [0.717, 1.165) is 16.7 Å². The lowest BCUT2D eigenvalue weighted by Crippen LogP contribution is -2.13. The number of benzene rings is 2. The number of nitrogens with zero attached hydrogens (tertiary/aromatic N) is 2. The van der Waals surface area contributed by atoms with Gasteiger partial charge in [-0.05, 0) is 43.2 Å². The van der Waals surface area contributed by atoms with Gasteiger partial charge in [0, 0.05) is 28.6 Å². The van der Waals surface area contributed by atoms with Crippen LogP contribution in [0.3, 0.4) is 0 Å². The van der Waals surface area contributed by atoms with Gasteiger partial charge in [-0.1, -0.05) is 35.5 Å². The Kier molecular flexibility index (Phi) is 6.06. The largest absolute Gasteiger partial charge is 0.495 e. The van der Waals surface area contributed by atoms with E-state index in [4.69, 9.17) is 16.3 Å². The number of carbonyl (C=O) groups excluding carboxylic acids is 1. The van der Waals surface area contributed by atoms with Crippen molar-refractivity contribution < 1.29 is 9.53 Å². The third-order valence-electron chi connectivity index (χ3n) is 4.50. The van der Waals surface area contributed by atoms with Gasteiger partial charge >= 0.3 is 0 Å². The molecule has 4 rings (SSSR count). The second-order valence-electron chi connectivity index (χ2n) is 6.78. The van der Waals surface area contributed by atoms with Crippen molar-refractivity contribution in [1.29, 1.82) is 0 Å². The highest BCUT2D eigenvalue weighted by Gasteiger charge is 2.22. The second kappa shape index (κ2) is 8.88. The summed E-state index contributed by atoms with van der Waals surface area (Å²) in [5.74, 6) is 1.89. The predicted octanol–water partition coefficient (Wildman–Crippen LogP) is 4.99. The van der Waals surface area contributed by atoms with Crippen molar-refractivity contribution in [2.75, 3.05) is 23.5 Å². The molecular formula is C21H21ClN4O2S. The zero-order valence-corrected chi connectivity index (χ0v) is 17.5. The van der Waals surface area contributed by atoms with E-state index in [1.54, 1.807) is 25.3 Å².